The van der Waals surface area contributed by atoms with Crippen LogP contribution in [-0.4, -0.2) is 49.8 Å². The maximum Gasteiger partial charge on any atom is 0.0706 e. The monoisotopic (exact) mass is 268 g/mol. The highest BCUT2D eigenvalue weighted by molar-refractivity contribution is 4.79. The lowest BCUT2D eigenvalue weighted by atomic mass is 9.96. The molecule has 0 bridgehead atoms. The van der Waals surface area contributed by atoms with Crippen LogP contribution < -0.4 is 5.32 Å². The lowest BCUT2D eigenvalue weighted by Crippen LogP contribution is -2.41. The molecule has 3 heteroatoms. The van der Waals surface area contributed by atoms with Crippen LogP contribution in [0.4, 0.5) is 0 Å². The summed E-state index contributed by atoms with van der Waals surface area (Å²) >= 11 is 0. The average Bonchev–Trinajstić information content (AvgIpc) is 2.77. The first-order valence-electron chi connectivity index (χ1n) is 8.22. The van der Waals surface area contributed by atoms with Crippen molar-refractivity contribution in [3.05, 3.63) is 0 Å². The van der Waals surface area contributed by atoms with E-state index in [0.717, 1.165) is 24.9 Å². The first kappa shape index (κ1) is 15.3. The Bertz CT molecular complexity index is 249. The number of hydrogen-bond acceptors (Lipinski definition) is 3. The van der Waals surface area contributed by atoms with Crippen LogP contribution in [0.5, 0.6) is 0 Å². The van der Waals surface area contributed by atoms with Crippen LogP contribution in [0.15, 0.2) is 0 Å². The van der Waals surface area contributed by atoms with E-state index in [9.17, 15) is 0 Å². The smallest absolute Gasteiger partial charge is 0.0706 e. The molecule has 0 spiro atoms. The van der Waals surface area contributed by atoms with E-state index in [1.165, 1.54) is 45.3 Å². The van der Waals surface area contributed by atoms with Gasteiger partial charge in [-0.1, -0.05) is 13.8 Å². The van der Waals surface area contributed by atoms with Crippen LogP contribution in [0.2, 0.25) is 0 Å². The molecule has 2 unspecified atom stereocenters. The first-order valence-corrected chi connectivity index (χ1v) is 8.22. The predicted molar refractivity (Wildman–Crippen MR) is 80.4 cm³/mol. The lowest BCUT2D eigenvalue weighted by Gasteiger charge is -2.33. The number of nitrogens with one attached hydrogen (secondary N) is 1. The van der Waals surface area contributed by atoms with Gasteiger partial charge in [0.25, 0.3) is 0 Å². The molecule has 2 fully saturated rings. The molecule has 19 heavy (non-hydrogen) atoms. The minimum Gasteiger partial charge on any atom is -0.374 e. The second-order valence-corrected chi connectivity index (χ2v) is 6.94. The van der Waals surface area contributed by atoms with Crippen molar-refractivity contribution in [1.29, 1.82) is 0 Å². The van der Waals surface area contributed by atoms with E-state index < -0.39 is 0 Å². The van der Waals surface area contributed by atoms with Gasteiger partial charge in [0.1, 0.15) is 0 Å². The number of rotatable bonds is 6. The van der Waals surface area contributed by atoms with Gasteiger partial charge in [-0.2, -0.15) is 0 Å². The fourth-order valence-corrected chi connectivity index (χ4v) is 3.26. The van der Waals surface area contributed by atoms with E-state index in [1.54, 1.807) is 0 Å². The lowest BCUT2D eigenvalue weighted by molar-refractivity contribution is 0.0239. The average molecular weight is 268 g/mol. The topological polar surface area (TPSA) is 24.5 Å². The predicted octanol–water partition coefficient (Wildman–Crippen LogP) is 2.51. The number of hydrogen-bond donors (Lipinski definition) is 1. The maximum absolute atomic E-state index is 5.93. The third kappa shape index (κ3) is 5.41. The standard InChI is InChI=1S/C16H32N2O/c1-13(2)10-17-11-15-6-8-18(9-7-15)12-16-5-4-14(3)19-16/h13-17H,4-12H2,1-3H3. The Kier molecular flexibility index (Phi) is 6.11. The van der Waals surface area contributed by atoms with Crippen molar-refractivity contribution in [2.24, 2.45) is 11.8 Å². The molecule has 0 aliphatic carbocycles. The van der Waals surface area contributed by atoms with Gasteiger partial charge in [-0.3, -0.25) is 0 Å². The van der Waals surface area contributed by atoms with E-state index in [2.05, 4.69) is 31.0 Å². The van der Waals surface area contributed by atoms with Gasteiger partial charge in [-0.25, -0.2) is 0 Å². The Hall–Kier alpha value is -0.120. The fourth-order valence-electron chi connectivity index (χ4n) is 3.26. The molecule has 0 amide bonds. The summed E-state index contributed by atoms with van der Waals surface area (Å²) < 4.78 is 5.93. The third-order valence-electron chi connectivity index (χ3n) is 4.47. The van der Waals surface area contributed by atoms with Gasteiger partial charge >= 0.3 is 0 Å². The summed E-state index contributed by atoms with van der Waals surface area (Å²) in [6.45, 7) is 12.8. The molecule has 3 nitrogen and oxygen atoms in total. The van der Waals surface area contributed by atoms with Gasteiger partial charge in [0.2, 0.25) is 0 Å². The van der Waals surface area contributed by atoms with Crippen molar-refractivity contribution in [2.45, 2.75) is 58.7 Å². The SMILES string of the molecule is CC(C)CNCC1CCN(CC2CCC(C)O2)CC1. The van der Waals surface area contributed by atoms with Crippen LogP contribution in [-0.2, 0) is 4.74 Å². The highest BCUT2D eigenvalue weighted by Crippen LogP contribution is 2.22. The normalized spacial score (nSPS) is 30.3. The van der Waals surface area contributed by atoms with Crippen LogP contribution in [0.25, 0.3) is 0 Å². The molecule has 1 N–H and O–H groups in total. The summed E-state index contributed by atoms with van der Waals surface area (Å²) in [5.74, 6) is 1.65. The van der Waals surface area contributed by atoms with E-state index in [0.29, 0.717) is 12.2 Å². The number of nitrogens with zero attached hydrogens (tertiary/aromatic N) is 1. The van der Waals surface area contributed by atoms with Crippen molar-refractivity contribution in [2.75, 3.05) is 32.7 Å². The van der Waals surface area contributed by atoms with Crippen LogP contribution in [0.1, 0.15) is 46.5 Å². The zero-order chi connectivity index (χ0) is 13.7. The van der Waals surface area contributed by atoms with Gasteiger partial charge in [-0.15, -0.1) is 0 Å². The second-order valence-electron chi connectivity index (χ2n) is 6.94. The van der Waals surface area contributed by atoms with E-state index >= 15 is 0 Å². The Morgan fingerprint density at radius 2 is 1.89 bits per heavy atom. The molecular formula is C16H32N2O. The van der Waals surface area contributed by atoms with Crippen LogP contribution >= 0.6 is 0 Å². The van der Waals surface area contributed by atoms with Crippen molar-refractivity contribution in [3.63, 3.8) is 0 Å². The molecule has 0 saturated carbocycles. The summed E-state index contributed by atoms with van der Waals surface area (Å²) in [6, 6.07) is 0. The molecule has 2 heterocycles. The minimum absolute atomic E-state index is 0.489. The van der Waals surface area contributed by atoms with Gasteiger partial charge in [0.15, 0.2) is 0 Å². The molecule has 112 valence electrons. The third-order valence-corrected chi connectivity index (χ3v) is 4.47. The number of piperidine rings is 1. The Balaban J connectivity index is 1.57. The molecule has 0 aromatic rings. The number of ether oxygens (including phenoxy) is 1. The summed E-state index contributed by atoms with van der Waals surface area (Å²) in [5.41, 5.74) is 0. The molecule has 2 saturated heterocycles. The van der Waals surface area contributed by atoms with Gasteiger partial charge in [-0.05, 0) is 70.6 Å². The zero-order valence-corrected chi connectivity index (χ0v) is 13.0. The fraction of sp³-hybridized carbons (Fsp3) is 1.00. The Labute approximate surface area is 119 Å². The number of likely N-dealkylation sites (tertiary alicyclic amines) is 1. The van der Waals surface area contributed by atoms with E-state index in [4.69, 9.17) is 4.74 Å². The van der Waals surface area contributed by atoms with Gasteiger partial charge < -0.3 is 15.0 Å². The molecule has 2 rings (SSSR count). The van der Waals surface area contributed by atoms with Crippen molar-refractivity contribution >= 4 is 0 Å². The molecule has 0 aromatic carbocycles. The quantitative estimate of drug-likeness (QED) is 0.801. The molecule has 2 aliphatic heterocycles. The van der Waals surface area contributed by atoms with Crippen LogP contribution in [0.3, 0.4) is 0 Å². The first-order chi connectivity index (χ1) is 9.13. The molecule has 0 aromatic heterocycles. The zero-order valence-electron chi connectivity index (χ0n) is 13.0. The maximum atomic E-state index is 5.93. The van der Waals surface area contributed by atoms with Crippen molar-refractivity contribution < 1.29 is 4.74 Å². The van der Waals surface area contributed by atoms with E-state index in [-0.39, 0.29) is 0 Å². The molecule has 0 radical (unpaired) electrons. The van der Waals surface area contributed by atoms with Crippen molar-refractivity contribution in [3.8, 4) is 0 Å². The van der Waals surface area contributed by atoms with Gasteiger partial charge in [0.05, 0.1) is 12.2 Å². The Morgan fingerprint density at radius 1 is 1.16 bits per heavy atom. The van der Waals surface area contributed by atoms with Gasteiger partial charge in [0, 0.05) is 6.54 Å². The van der Waals surface area contributed by atoms with Crippen LogP contribution in [0, 0.1) is 11.8 Å². The Morgan fingerprint density at radius 3 is 2.47 bits per heavy atom. The highest BCUT2D eigenvalue weighted by Gasteiger charge is 2.26. The molecule has 2 atom stereocenters. The summed E-state index contributed by atoms with van der Waals surface area (Å²) in [7, 11) is 0. The minimum atomic E-state index is 0.489. The summed E-state index contributed by atoms with van der Waals surface area (Å²) in [4.78, 5) is 2.61. The highest BCUT2D eigenvalue weighted by atomic mass is 16.5. The largest absolute Gasteiger partial charge is 0.374 e. The second kappa shape index (κ2) is 7.61. The summed E-state index contributed by atoms with van der Waals surface area (Å²) in [5, 5.41) is 3.61. The summed E-state index contributed by atoms with van der Waals surface area (Å²) in [6.07, 6.45) is 6.21. The van der Waals surface area contributed by atoms with E-state index in [1.807, 2.05) is 0 Å². The molecule has 2 aliphatic rings. The molecular weight excluding hydrogens is 236 g/mol. The van der Waals surface area contributed by atoms with Crippen molar-refractivity contribution in [1.82, 2.24) is 10.2 Å².